The van der Waals surface area contributed by atoms with Crippen molar-refractivity contribution < 1.29 is 0 Å². The smallest absolute Gasteiger partial charge is 0.109 e. The van der Waals surface area contributed by atoms with Crippen LogP contribution in [-0.4, -0.2) is 33.8 Å². The highest BCUT2D eigenvalue weighted by Crippen LogP contribution is 2.35. The van der Waals surface area contributed by atoms with Crippen LogP contribution in [0, 0.1) is 0 Å². The van der Waals surface area contributed by atoms with Crippen molar-refractivity contribution in [2.75, 3.05) is 13.1 Å². The lowest BCUT2D eigenvalue weighted by Crippen LogP contribution is -2.49. The maximum atomic E-state index is 4.79. The van der Waals surface area contributed by atoms with E-state index < -0.39 is 0 Å². The van der Waals surface area contributed by atoms with E-state index in [0.29, 0.717) is 5.92 Å². The van der Waals surface area contributed by atoms with Gasteiger partial charge in [0.15, 0.2) is 0 Å². The fourth-order valence-electron chi connectivity index (χ4n) is 3.63. The number of para-hydroxylation sites is 1. The number of aromatic nitrogens is 2. The minimum Gasteiger partial charge on any atom is -0.358 e. The number of benzene rings is 2. The largest absolute Gasteiger partial charge is 0.358 e. The molecule has 122 valence electrons. The SMILES string of the molecule is c1ccc(-c2nccnc2C2CN(C3=Nc4ccccc4C3)C2)cc1. The molecule has 0 saturated carbocycles. The van der Waals surface area contributed by atoms with E-state index in [1.807, 2.05) is 18.2 Å². The van der Waals surface area contributed by atoms with Gasteiger partial charge in [0.25, 0.3) is 0 Å². The van der Waals surface area contributed by atoms with Crippen molar-refractivity contribution in [2.45, 2.75) is 12.3 Å². The van der Waals surface area contributed by atoms with E-state index in [2.05, 4.69) is 51.3 Å². The van der Waals surface area contributed by atoms with Gasteiger partial charge in [-0.3, -0.25) is 9.97 Å². The third-order valence-electron chi connectivity index (χ3n) is 5.00. The minimum absolute atomic E-state index is 0.412. The molecule has 0 aliphatic carbocycles. The fourth-order valence-corrected chi connectivity index (χ4v) is 3.63. The van der Waals surface area contributed by atoms with E-state index in [-0.39, 0.29) is 0 Å². The van der Waals surface area contributed by atoms with E-state index in [1.54, 1.807) is 12.4 Å². The third-order valence-corrected chi connectivity index (χ3v) is 5.00. The highest BCUT2D eigenvalue weighted by Gasteiger charge is 2.34. The molecule has 0 unspecified atom stereocenters. The summed E-state index contributed by atoms with van der Waals surface area (Å²) in [5.41, 5.74) is 5.68. The molecule has 2 aromatic carbocycles. The lowest BCUT2D eigenvalue weighted by Gasteiger charge is -2.40. The van der Waals surface area contributed by atoms with Gasteiger partial charge in [0.2, 0.25) is 0 Å². The Morgan fingerprint density at radius 1 is 0.840 bits per heavy atom. The van der Waals surface area contributed by atoms with E-state index in [4.69, 9.17) is 4.99 Å². The van der Waals surface area contributed by atoms with Crippen LogP contribution in [0.5, 0.6) is 0 Å². The van der Waals surface area contributed by atoms with E-state index >= 15 is 0 Å². The molecule has 4 heteroatoms. The van der Waals surface area contributed by atoms with Gasteiger partial charge < -0.3 is 4.90 Å². The number of fused-ring (bicyclic) bond motifs is 1. The van der Waals surface area contributed by atoms with Crippen molar-refractivity contribution in [3.05, 3.63) is 78.2 Å². The number of likely N-dealkylation sites (tertiary alicyclic amines) is 1. The molecular weight excluding hydrogens is 308 g/mol. The van der Waals surface area contributed by atoms with Gasteiger partial charge in [-0.05, 0) is 11.6 Å². The van der Waals surface area contributed by atoms with Gasteiger partial charge in [-0.25, -0.2) is 4.99 Å². The summed E-state index contributed by atoms with van der Waals surface area (Å²) in [5.74, 6) is 1.60. The molecule has 2 aliphatic heterocycles. The number of hydrogen-bond acceptors (Lipinski definition) is 4. The molecule has 0 N–H and O–H groups in total. The van der Waals surface area contributed by atoms with Crippen molar-refractivity contribution in [2.24, 2.45) is 4.99 Å². The molecule has 0 atom stereocenters. The standard InChI is InChI=1S/C21H18N4/c1-2-6-15(7-3-1)20-21(23-11-10-22-20)17-13-25(14-17)19-12-16-8-4-5-9-18(16)24-19/h1-11,17H,12-14H2. The molecule has 0 bridgehead atoms. The Bertz CT molecular complexity index is 943. The zero-order chi connectivity index (χ0) is 16.6. The molecule has 3 aromatic rings. The lowest BCUT2D eigenvalue weighted by molar-refractivity contribution is 0.246. The summed E-state index contributed by atoms with van der Waals surface area (Å²) >= 11 is 0. The molecule has 0 radical (unpaired) electrons. The Labute approximate surface area is 146 Å². The van der Waals surface area contributed by atoms with Crippen LogP contribution in [0.15, 0.2) is 72.0 Å². The summed E-state index contributed by atoms with van der Waals surface area (Å²) in [6, 6.07) is 18.7. The molecular formula is C21H18N4. The van der Waals surface area contributed by atoms with Crippen LogP contribution in [0.1, 0.15) is 17.2 Å². The molecule has 1 aromatic heterocycles. The number of hydrogen-bond donors (Lipinski definition) is 0. The van der Waals surface area contributed by atoms with Crippen LogP contribution in [0.3, 0.4) is 0 Å². The quantitative estimate of drug-likeness (QED) is 0.719. The zero-order valence-corrected chi connectivity index (χ0v) is 13.8. The highest BCUT2D eigenvalue weighted by molar-refractivity contribution is 5.92. The summed E-state index contributed by atoms with van der Waals surface area (Å²) in [7, 11) is 0. The third kappa shape index (κ3) is 2.50. The van der Waals surface area contributed by atoms with Gasteiger partial charge in [0, 0.05) is 43.4 Å². The first kappa shape index (κ1) is 14.3. The number of aliphatic imine (C=N–C) groups is 1. The summed E-state index contributed by atoms with van der Waals surface area (Å²) in [4.78, 5) is 16.4. The van der Waals surface area contributed by atoms with E-state index in [0.717, 1.165) is 42.1 Å². The average molecular weight is 326 g/mol. The Kier molecular flexibility index (Phi) is 3.33. The monoisotopic (exact) mass is 326 g/mol. The predicted molar refractivity (Wildman–Crippen MR) is 99.0 cm³/mol. The molecule has 2 aliphatic rings. The van der Waals surface area contributed by atoms with E-state index in [1.165, 1.54) is 11.4 Å². The summed E-state index contributed by atoms with van der Waals surface area (Å²) in [6.07, 6.45) is 4.52. The van der Waals surface area contributed by atoms with Crippen LogP contribution in [0.25, 0.3) is 11.3 Å². The van der Waals surface area contributed by atoms with Gasteiger partial charge in [-0.1, -0.05) is 48.5 Å². The summed E-state index contributed by atoms with van der Waals surface area (Å²) < 4.78 is 0. The van der Waals surface area contributed by atoms with Gasteiger partial charge in [0.05, 0.1) is 17.1 Å². The Balaban J connectivity index is 1.36. The van der Waals surface area contributed by atoms with Gasteiger partial charge in [-0.2, -0.15) is 0 Å². The summed E-state index contributed by atoms with van der Waals surface area (Å²) in [6.45, 7) is 1.93. The number of nitrogens with zero attached hydrogens (tertiary/aromatic N) is 4. The van der Waals surface area contributed by atoms with Crippen LogP contribution >= 0.6 is 0 Å². The lowest BCUT2D eigenvalue weighted by atomic mass is 9.92. The Morgan fingerprint density at radius 3 is 2.44 bits per heavy atom. The molecule has 1 fully saturated rings. The van der Waals surface area contributed by atoms with Crippen molar-refractivity contribution in [3.63, 3.8) is 0 Å². The second kappa shape index (κ2) is 5.81. The predicted octanol–water partition coefficient (Wildman–Crippen LogP) is 3.83. The molecule has 1 saturated heterocycles. The average Bonchev–Trinajstić information content (AvgIpc) is 3.05. The second-order valence-electron chi connectivity index (χ2n) is 6.59. The molecule has 0 spiro atoms. The fraction of sp³-hybridized carbons (Fsp3) is 0.190. The van der Waals surface area contributed by atoms with Gasteiger partial charge in [0.1, 0.15) is 5.84 Å². The topological polar surface area (TPSA) is 41.4 Å². The van der Waals surface area contributed by atoms with Crippen molar-refractivity contribution in [3.8, 4) is 11.3 Å². The van der Waals surface area contributed by atoms with Crippen molar-refractivity contribution >= 4 is 11.5 Å². The van der Waals surface area contributed by atoms with Crippen LogP contribution in [-0.2, 0) is 6.42 Å². The van der Waals surface area contributed by atoms with Crippen LogP contribution in [0.4, 0.5) is 5.69 Å². The minimum atomic E-state index is 0.412. The van der Waals surface area contributed by atoms with Crippen molar-refractivity contribution in [1.82, 2.24) is 14.9 Å². The first-order valence-corrected chi connectivity index (χ1v) is 8.65. The van der Waals surface area contributed by atoms with Gasteiger partial charge in [-0.15, -0.1) is 0 Å². The number of rotatable bonds is 2. The molecule has 5 rings (SSSR count). The molecule has 3 heterocycles. The Hall–Kier alpha value is -3.01. The Morgan fingerprint density at radius 2 is 1.60 bits per heavy atom. The first-order chi connectivity index (χ1) is 12.4. The number of amidine groups is 1. The van der Waals surface area contributed by atoms with Crippen molar-refractivity contribution in [1.29, 1.82) is 0 Å². The van der Waals surface area contributed by atoms with E-state index in [9.17, 15) is 0 Å². The maximum absolute atomic E-state index is 4.79. The zero-order valence-electron chi connectivity index (χ0n) is 13.8. The second-order valence-corrected chi connectivity index (χ2v) is 6.59. The van der Waals surface area contributed by atoms with Crippen LogP contribution in [0.2, 0.25) is 0 Å². The van der Waals surface area contributed by atoms with Crippen LogP contribution < -0.4 is 0 Å². The normalized spacial score (nSPS) is 16.3. The molecule has 4 nitrogen and oxygen atoms in total. The highest BCUT2D eigenvalue weighted by atomic mass is 15.2. The first-order valence-electron chi connectivity index (χ1n) is 8.65. The molecule has 0 amide bonds. The summed E-state index contributed by atoms with van der Waals surface area (Å²) in [5, 5.41) is 0. The molecule has 25 heavy (non-hydrogen) atoms. The maximum Gasteiger partial charge on any atom is 0.109 e. The van der Waals surface area contributed by atoms with Gasteiger partial charge >= 0.3 is 0 Å².